The van der Waals surface area contributed by atoms with Gasteiger partial charge in [-0.15, -0.1) is 0 Å². The average molecular weight is 479 g/mol. The summed E-state index contributed by atoms with van der Waals surface area (Å²) in [6.45, 7) is 7.50. The molecule has 0 fully saturated rings. The topological polar surface area (TPSA) is 119 Å². The summed E-state index contributed by atoms with van der Waals surface area (Å²) in [6.07, 6.45) is 2.59. The molecule has 0 spiro atoms. The molecule has 4 N–H and O–H groups in total. The van der Waals surface area contributed by atoms with Gasteiger partial charge in [0, 0.05) is 30.1 Å². The number of anilines is 2. The summed E-state index contributed by atoms with van der Waals surface area (Å²) in [4.78, 5) is 18.5. The number of carbonyl (C=O) groups excluding carboxylic acids is 1. The van der Waals surface area contributed by atoms with Crippen LogP contribution >= 0.6 is 0 Å². The maximum atomic E-state index is 12.2. The van der Waals surface area contributed by atoms with Gasteiger partial charge in [0.15, 0.2) is 0 Å². The van der Waals surface area contributed by atoms with Crippen LogP contribution in [-0.2, 0) is 6.42 Å². The minimum Gasteiger partial charge on any atom is -0.476 e. The summed E-state index contributed by atoms with van der Waals surface area (Å²) in [6, 6.07) is 8.96. The second-order valence-electron chi connectivity index (χ2n) is 10.2. The van der Waals surface area contributed by atoms with Crippen molar-refractivity contribution in [2.45, 2.75) is 39.7 Å². The molecule has 1 aliphatic carbocycles. The van der Waals surface area contributed by atoms with Gasteiger partial charge in [0.05, 0.1) is 34.4 Å². The Morgan fingerprint density at radius 1 is 1.31 bits per heavy atom. The van der Waals surface area contributed by atoms with E-state index in [1.54, 1.807) is 24.4 Å². The number of nitrogens with two attached hydrogens (primary N) is 1. The molecule has 1 unspecified atom stereocenters. The maximum Gasteiger partial charge on any atom is 0.250 e. The number of likely N-dealkylation sites (N-methyl/N-ethyl adjacent to an activating group) is 1. The van der Waals surface area contributed by atoms with Crippen molar-refractivity contribution in [3.05, 3.63) is 59.0 Å². The van der Waals surface area contributed by atoms with Gasteiger partial charge in [0.25, 0.3) is 5.91 Å². The first-order chi connectivity index (χ1) is 16.5. The molecule has 186 valence electrons. The second-order valence-corrected chi connectivity index (χ2v) is 10.2. The van der Waals surface area contributed by atoms with Crippen LogP contribution in [-0.4, -0.2) is 57.9 Å². The van der Waals surface area contributed by atoms with Crippen molar-refractivity contribution in [3.63, 3.8) is 0 Å². The predicted molar refractivity (Wildman–Crippen MR) is 135 cm³/mol. The van der Waals surface area contributed by atoms with E-state index < -0.39 is 12.0 Å². The van der Waals surface area contributed by atoms with Crippen molar-refractivity contribution >= 4 is 17.3 Å². The third-order valence-electron chi connectivity index (χ3n) is 6.25. The van der Waals surface area contributed by atoms with Gasteiger partial charge in [-0.2, -0.15) is 5.10 Å². The van der Waals surface area contributed by atoms with Crippen LogP contribution in [0.1, 0.15) is 53.7 Å². The van der Waals surface area contributed by atoms with E-state index in [4.69, 9.17) is 15.6 Å². The number of aliphatic hydroxyl groups is 1. The van der Waals surface area contributed by atoms with Crippen LogP contribution in [0.15, 0.2) is 36.5 Å². The van der Waals surface area contributed by atoms with Crippen molar-refractivity contribution in [1.82, 2.24) is 19.7 Å². The largest absolute Gasteiger partial charge is 0.476 e. The first kappa shape index (κ1) is 24.7. The highest BCUT2D eigenvalue weighted by atomic mass is 16.5. The molecule has 0 saturated heterocycles. The minimum absolute atomic E-state index is 0.0507. The van der Waals surface area contributed by atoms with E-state index in [9.17, 15) is 9.90 Å². The maximum absolute atomic E-state index is 12.2. The van der Waals surface area contributed by atoms with Gasteiger partial charge in [-0.1, -0.05) is 13.8 Å². The number of rotatable bonds is 8. The second kappa shape index (κ2) is 9.67. The Morgan fingerprint density at radius 3 is 2.80 bits per heavy atom. The van der Waals surface area contributed by atoms with Crippen molar-refractivity contribution in [2.24, 2.45) is 11.1 Å². The molecule has 0 aliphatic heterocycles. The highest BCUT2D eigenvalue weighted by Gasteiger charge is 2.36. The summed E-state index contributed by atoms with van der Waals surface area (Å²) < 4.78 is 7.61. The van der Waals surface area contributed by atoms with Crippen LogP contribution in [0.4, 0.5) is 11.4 Å². The van der Waals surface area contributed by atoms with Gasteiger partial charge in [-0.3, -0.25) is 4.79 Å². The number of pyridine rings is 1. The fourth-order valence-electron chi connectivity index (χ4n) is 4.59. The zero-order chi connectivity index (χ0) is 25.3. The first-order valence-electron chi connectivity index (χ1n) is 11.8. The van der Waals surface area contributed by atoms with Crippen LogP contribution in [0.2, 0.25) is 0 Å². The fraction of sp³-hybridized carbons (Fsp3) is 0.423. The van der Waals surface area contributed by atoms with Gasteiger partial charge >= 0.3 is 0 Å². The molecule has 0 saturated carbocycles. The molecule has 1 amide bonds. The van der Waals surface area contributed by atoms with E-state index in [2.05, 4.69) is 24.1 Å². The Bertz CT molecular complexity index is 1230. The summed E-state index contributed by atoms with van der Waals surface area (Å²) >= 11 is 0. The zero-order valence-electron chi connectivity index (χ0n) is 21.0. The monoisotopic (exact) mass is 478 g/mol. The summed E-state index contributed by atoms with van der Waals surface area (Å²) in [5, 5.41) is 18.8. The normalized spacial score (nSPS) is 16.7. The SMILES string of the molecule is Cc1nn(-c2ccc(C(N)=O)c(Nc3ccnc(OCCN(C)C)c3)c2)c2c1C(O)CC(C)(C)C2. The van der Waals surface area contributed by atoms with Gasteiger partial charge < -0.3 is 25.8 Å². The van der Waals surface area contributed by atoms with E-state index in [-0.39, 0.29) is 5.41 Å². The highest BCUT2D eigenvalue weighted by Crippen LogP contribution is 2.42. The number of aryl methyl sites for hydroxylation is 1. The number of benzene rings is 1. The Kier molecular flexibility index (Phi) is 6.82. The number of hydrogen-bond donors (Lipinski definition) is 3. The van der Waals surface area contributed by atoms with Crippen LogP contribution in [0.5, 0.6) is 5.88 Å². The molecule has 9 heteroatoms. The van der Waals surface area contributed by atoms with Gasteiger partial charge in [-0.25, -0.2) is 9.67 Å². The Balaban J connectivity index is 1.68. The molecular formula is C26H34N6O3. The van der Waals surface area contributed by atoms with Crippen LogP contribution < -0.4 is 15.8 Å². The first-order valence-corrected chi connectivity index (χ1v) is 11.8. The van der Waals surface area contributed by atoms with E-state index in [0.717, 1.165) is 41.3 Å². The van der Waals surface area contributed by atoms with Gasteiger partial charge in [-0.05, 0) is 63.5 Å². The van der Waals surface area contributed by atoms with Crippen LogP contribution in [0.25, 0.3) is 5.69 Å². The standard InChI is InChI=1S/C26H34N6O3/c1-16-24-21(14-26(2,3)15-22(24)33)32(30-16)18-6-7-19(25(27)34)20(13-18)29-17-8-9-28-23(12-17)35-11-10-31(4)5/h6-9,12-13,22,33H,10-11,14-15H2,1-5H3,(H2,27,34)(H,28,29). The molecule has 0 bridgehead atoms. The molecule has 4 rings (SSSR count). The summed E-state index contributed by atoms with van der Waals surface area (Å²) in [5.41, 5.74) is 10.7. The van der Waals surface area contributed by atoms with E-state index in [0.29, 0.717) is 30.2 Å². The van der Waals surface area contributed by atoms with Crippen LogP contribution in [0.3, 0.4) is 0 Å². The molecule has 1 aromatic carbocycles. The number of fused-ring (bicyclic) bond motifs is 1. The molecule has 1 atom stereocenters. The number of hydrogen-bond acceptors (Lipinski definition) is 7. The number of primary amides is 1. The number of amides is 1. The number of nitrogens with one attached hydrogen (secondary N) is 1. The third kappa shape index (κ3) is 5.47. The third-order valence-corrected chi connectivity index (χ3v) is 6.25. The van der Waals surface area contributed by atoms with Crippen molar-refractivity contribution in [1.29, 1.82) is 0 Å². The summed E-state index contributed by atoms with van der Waals surface area (Å²) in [7, 11) is 3.96. The lowest BCUT2D eigenvalue weighted by Crippen LogP contribution is -2.27. The van der Waals surface area contributed by atoms with Crippen molar-refractivity contribution in [2.75, 3.05) is 32.6 Å². The highest BCUT2D eigenvalue weighted by molar-refractivity contribution is 5.99. The molecule has 35 heavy (non-hydrogen) atoms. The predicted octanol–water partition coefficient (Wildman–Crippen LogP) is 3.36. The lowest BCUT2D eigenvalue weighted by atomic mass is 9.75. The quantitative estimate of drug-likeness (QED) is 0.454. The molecule has 2 heterocycles. The van der Waals surface area contributed by atoms with Crippen molar-refractivity contribution < 1.29 is 14.6 Å². The average Bonchev–Trinajstić information content (AvgIpc) is 3.08. The van der Waals surface area contributed by atoms with Crippen LogP contribution in [0, 0.1) is 12.3 Å². The van der Waals surface area contributed by atoms with E-state index in [1.807, 2.05) is 42.7 Å². The Morgan fingerprint density at radius 2 is 2.09 bits per heavy atom. The molecule has 0 radical (unpaired) electrons. The van der Waals surface area contributed by atoms with Gasteiger partial charge in [0.2, 0.25) is 5.88 Å². The van der Waals surface area contributed by atoms with E-state index >= 15 is 0 Å². The number of nitrogens with zero attached hydrogens (tertiary/aromatic N) is 4. The molecule has 9 nitrogen and oxygen atoms in total. The number of carbonyl (C=O) groups is 1. The Labute approximate surface area is 205 Å². The number of aliphatic hydroxyl groups excluding tert-OH is 1. The Hall–Kier alpha value is -3.43. The van der Waals surface area contributed by atoms with Gasteiger partial charge in [0.1, 0.15) is 6.61 Å². The summed E-state index contributed by atoms with van der Waals surface area (Å²) in [5.74, 6) is -0.0487. The lowest BCUT2D eigenvalue weighted by Gasteiger charge is -2.33. The van der Waals surface area contributed by atoms with E-state index in [1.165, 1.54) is 0 Å². The molecule has 1 aliphatic rings. The number of ether oxygens (including phenoxy) is 1. The minimum atomic E-state index is -0.548. The zero-order valence-corrected chi connectivity index (χ0v) is 21.0. The smallest absolute Gasteiger partial charge is 0.250 e. The lowest BCUT2D eigenvalue weighted by molar-refractivity contribution is 0.0980. The van der Waals surface area contributed by atoms with Crippen molar-refractivity contribution in [3.8, 4) is 11.6 Å². The molecular weight excluding hydrogens is 444 g/mol. The molecule has 2 aromatic heterocycles. The molecule has 3 aromatic rings. The fourth-order valence-corrected chi connectivity index (χ4v) is 4.59. The number of aromatic nitrogens is 3.